The van der Waals surface area contributed by atoms with Gasteiger partial charge in [-0.2, -0.15) is 0 Å². The van der Waals surface area contributed by atoms with E-state index in [1.807, 2.05) is 30.3 Å². The molecule has 0 aliphatic carbocycles. The topological polar surface area (TPSA) is 89.3 Å². The molecule has 6 heteroatoms. The van der Waals surface area contributed by atoms with Gasteiger partial charge in [-0.25, -0.2) is 8.42 Å². The Bertz CT molecular complexity index is 832. The van der Waals surface area contributed by atoms with Crippen LogP contribution in [0.3, 0.4) is 0 Å². The molecule has 0 unspecified atom stereocenters. The summed E-state index contributed by atoms with van der Waals surface area (Å²) in [6.07, 6.45) is 2.80. The summed E-state index contributed by atoms with van der Waals surface area (Å²) in [6, 6.07) is 16.9. The number of nitrogens with two attached hydrogens (primary N) is 1. The molecule has 0 aliphatic rings. The fraction of sp³-hybridized carbons (Fsp3) is 0.286. The Morgan fingerprint density at radius 2 is 1.63 bits per heavy atom. The number of hydrogen-bond acceptors (Lipinski definition) is 4. The van der Waals surface area contributed by atoms with Crippen LogP contribution < -0.4 is 11.1 Å². The highest BCUT2D eigenvalue weighted by atomic mass is 32.2. The Hall–Kier alpha value is -2.44. The van der Waals surface area contributed by atoms with Crippen LogP contribution in [0.5, 0.6) is 0 Å². The Kier molecular flexibility index (Phi) is 8.91. The molecule has 0 aliphatic heterocycles. The number of hydrogen-bond donors (Lipinski definition) is 2. The molecule has 0 bridgehead atoms. The lowest BCUT2D eigenvalue weighted by atomic mass is 10.0. The molecule has 0 spiro atoms. The summed E-state index contributed by atoms with van der Waals surface area (Å²) in [7, 11) is -3.56. The summed E-state index contributed by atoms with van der Waals surface area (Å²) in [5.41, 5.74) is 6.73. The lowest BCUT2D eigenvalue weighted by Gasteiger charge is -2.17. The van der Waals surface area contributed by atoms with Crippen LogP contribution in [-0.4, -0.2) is 26.4 Å². The van der Waals surface area contributed by atoms with Crippen molar-refractivity contribution in [2.75, 3.05) is 0 Å². The van der Waals surface area contributed by atoms with Crippen molar-refractivity contribution in [2.45, 2.75) is 44.2 Å². The molecule has 0 fully saturated rings. The van der Waals surface area contributed by atoms with Gasteiger partial charge in [0.2, 0.25) is 5.91 Å². The second-order valence-electron chi connectivity index (χ2n) is 6.11. The van der Waals surface area contributed by atoms with Gasteiger partial charge in [-0.05, 0) is 37.5 Å². The molecule has 27 heavy (non-hydrogen) atoms. The van der Waals surface area contributed by atoms with Crippen LogP contribution in [0.4, 0.5) is 0 Å². The fourth-order valence-electron chi connectivity index (χ4n) is 2.38. The maximum absolute atomic E-state index is 12.4. The van der Waals surface area contributed by atoms with Gasteiger partial charge in [-0.15, -0.1) is 0 Å². The molecule has 0 saturated carbocycles. The Labute approximate surface area is 162 Å². The molecular weight excluding hydrogens is 360 g/mol. The molecule has 1 amide bonds. The minimum atomic E-state index is -3.56. The predicted molar refractivity (Wildman–Crippen MR) is 110 cm³/mol. The van der Waals surface area contributed by atoms with Crippen LogP contribution in [0.15, 0.2) is 77.0 Å². The molecule has 0 aromatic heterocycles. The Balaban J connectivity index is 0.00000364. The van der Waals surface area contributed by atoms with Gasteiger partial charge in [-0.3, -0.25) is 4.79 Å². The molecule has 2 rings (SSSR count). The lowest BCUT2D eigenvalue weighted by Crippen LogP contribution is -2.43. The van der Waals surface area contributed by atoms with E-state index in [4.69, 9.17) is 5.73 Å². The van der Waals surface area contributed by atoms with E-state index < -0.39 is 21.9 Å². The summed E-state index contributed by atoms with van der Waals surface area (Å²) in [5, 5.41) is 3.95. The summed E-state index contributed by atoms with van der Waals surface area (Å²) in [6.45, 7) is 1.59. The number of amides is 1. The maximum Gasteiger partial charge on any atom is 0.237 e. The molecule has 5 nitrogen and oxygen atoms in total. The summed E-state index contributed by atoms with van der Waals surface area (Å²) >= 11 is 0. The van der Waals surface area contributed by atoms with Crippen LogP contribution in [0, 0.1) is 0 Å². The van der Waals surface area contributed by atoms with Gasteiger partial charge in [0.1, 0.15) is 0 Å². The van der Waals surface area contributed by atoms with Crippen molar-refractivity contribution in [3.63, 3.8) is 0 Å². The van der Waals surface area contributed by atoms with Crippen molar-refractivity contribution >= 4 is 15.7 Å². The quantitative estimate of drug-likeness (QED) is 0.727. The monoisotopic (exact) mass is 388 g/mol. The first-order valence-corrected chi connectivity index (χ1v) is 10.0. The van der Waals surface area contributed by atoms with E-state index in [1.54, 1.807) is 37.3 Å². The van der Waals surface area contributed by atoms with E-state index >= 15 is 0 Å². The highest BCUT2D eigenvalue weighted by Crippen LogP contribution is 2.13. The third kappa shape index (κ3) is 7.37. The first kappa shape index (κ1) is 22.6. The van der Waals surface area contributed by atoms with Crippen molar-refractivity contribution in [1.82, 2.24) is 5.32 Å². The van der Waals surface area contributed by atoms with E-state index in [-0.39, 0.29) is 18.2 Å². The molecule has 3 N–H and O–H groups in total. The smallest absolute Gasteiger partial charge is 0.237 e. The SMILES string of the molecule is C.C[C@H](N)C(=O)N[C@H](/C=C/S(=O)(=O)c1ccccc1)CCc1ccccc1. The third-order valence-electron chi connectivity index (χ3n) is 3.89. The number of nitrogens with one attached hydrogen (secondary N) is 1. The standard InChI is InChI=1S/C20H24N2O3S.CH4/c1-16(21)20(23)22-18(13-12-17-8-4-2-5-9-17)14-15-26(24,25)19-10-6-3-7-11-19;/h2-11,14-16,18H,12-13,21H2,1H3,(H,22,23);1H4/b15-14+;/t16-,18-;/m0./s1. The average Bonchev–Trinajstić information content (AvgIpc) is 2.65. The van der Waals surface area contributed by atoms with Gasteiger partial charge in [0.05, 0.1) is 10.9 Å². The number of benzene rings is 2. The van der Waals surface area contributed by atoms with Crippen molar-refractivity contribution in [3.05, 3.63) is 77.7 Å². The maximum atomic E-state index is 12.4. The molecule has 2 atom stereocenters. The Morgan fingerprint density at radius 3 is 2.19 bits per heavy atom. The van der Waals surface area contributed by atoms with E-state index in [0.29, 0.717) is 12.8 Å². The van der Waals surface area contributed by atoms with E-state index in [2.05, 4.69) is 5.32 Å². The molecule has 146 valence electrons. The second kappa shape index (κ2) is 10.6. The minimum Gasteiger partial charge on any atom is -0.349 e. The molecule has 0 radical (unpaired) electrons. The molecule has 2 aromatic carbocycles. The predicted octanol–water partition coefficient (Wildman–Crippen LogP) is 3.07. The Morgan fingerprint density at radius 1 is 1.07 bits per heavy atom. The summed E-state index contributed by atoms with van der Waals surface area (Å²) < 4.78 is 24.8. The zero-order chi connectivity index (χ0) is 19.0. The number of sulfone groups is 1. The first-order valence-electron chi connectivity index (χ1n) is 8.47. The molecule has 0 heterocycles. The van der Waals surface area contributed by atoms with Gasteiger partial charge in [0, 0.05) is 11.4 Å². The zero-order valence-electron chi connectivity index (χ0n) is 14.7. The normalized spacial score (nSPS) is 13.6. The minimum absolute atomic E-state index is 0. The van der Waals surface area contributed by atoms with Crippen molar-refractivity contribution in [1.29, 1.82) is 0 Å². The molecule has 0 saturated heterocycles. The number of carbonyl (C=O) groups excluding carboxylic acids is 1. The van der Waals surface area contributed by atoms with Crippen LogP contribution in [-0.2, 0) is 21.1 Å². The van der Waals surface area contributed by atoms with Crippen LogP contribution in [0.25, 0.3) is 0 Å². The fourth-order valence-corrected chi connectivity index (χ4v) is 3.47. The summed E-state index contributed by atoms with van der Waals surface area (Å²) in [5.74, 6) is -0.315. The van der Waals surface area contributed by atoms with Crippen molar-refractivity contribution in [3.8, 4) is 0 Å². The van der Waals surface area contributed by atoms with Crippen molar-refractivity contribution < 1.29 is 13.2 Å². The van der Waals surface area contributed by atoms with Crippen LogP contribution >= 0.6 is 0 Å². The second-order valence-corrected chi connectivity index (χ2v) is 7.95. The third-order valence-corrected chi connectivity index (χ3v) is 5.33. The largest absolute Gasteiger partial charge is 0.349 e. The lowest BCUT2D eigenvalue weighted by molar-refractivity contribution is -0.122. The first-order chi connectivity index (χ1) is 12.4. The number of rotatable bonds is 8. The van der Waals surface area contributed by atoms with Gasteiger partial charge in [0.15, 0.2) is 9.84 Å². The van der Waals surface area contributed by atoms with Gasteiger partial charge < -0.3 is 11.1 Å². The van der Waals surface area contributed by atoms with E-state index in [0.717, 1.165) is 11.0 Å². The van der Waals surface area contributed by atoms with Gasteiger partial charge >= 0.3 is 0 Å². The summed E-state index contributed by atoms with van der Waals surface area (Å²) in [4.78, 5) is 12.2. The molecule has 2 aromatic rings. The zero-order valence-corrected chi connectivity index (χ0v) is 15.5. The van der Waals surface area contributed by atoms with Gasteiger partial charge in [-0.1, -0.05) is 62.0 Å². The highest BCUT2D eigenvalue weighted by molar-refractivity contribution is 7.94. The molecular formula is C21H28N2O3S. The van der Waals surface area contributed by atoms with Crippen molar-refractivity contribution in [2.24, 2.45) is 5.73 Å². The highest BCUT2D eigenvalue weighted by Gasteiger charge is 2.15. The van der Waals surface area contributed by atoms with E-state index in [9.17, 15) is 13.2 Å². The number of aryl methyl sites for hydroxylation is 1. The van der Waals surface area contributed by atoms with Crippen LogP contribution in [0.1, 0.15) is 26.3 Å². The van der Waals surface area contributed by atoms with E-state index in [1.165, 1.54) is 6.08 Å². The average molecular weight is 389 g/mol. The van der Waals surface area contributed by atoms with Gasteiger partial charge in [0.25, 0.3) is 0 Å². The van der Waals surface area contributed by atoms with Crippen LogP contribution in [0.2, 0.25) is 0 Å². The number of carbonyl (C=O) groups is 1.